The molecule has 3 aromatic rings. The van der Waals surface area contributed by atoms with Crippen LogP contribution in [0.5, 0.6) is 0 Å². The molecule has 2 amide bonds. The van der Waals surface area contributed by atoms with Crippen molar-refractivity contribution in [1.82, 2.24) is 25.5 Å². The molecule has 0 aliphatic heterocycles. The molecule has 3 N–H and O–H groups in total. The fourth-order valence-corrected chi connectivity index (χ4v) is 4.69. The minimum Gasteiger partial charge on any atom is -0.332 e. The van der Waals surface area contributed by atoms with E-state index in [1.54, 1.807) is 12.4 Å². The van der Waals surface area contributed by atoms with E-state index in [0.29, 0.717) is 11.7 Å². The van der Waals surface area contributed by atoms with Crippen LogP contribution < -0.4 is 10.6 Å². The molecule has 7 heteroatoms. The number of fused-ring (bicyclic) bond motifs is 1. The second-order valence-corrected chi connectivity index (χ2v) is 8.44. The predicted molar refractivity (Wildman–Crippen MR) is 113 cm³/mol. The summed E-state index contributed by atoms with van der Waals surface area (Å²) in [5.74, 6) is 1.15. The first kappa shape index (κ1) is 18.1. The Labute approximate surface area is 169 Å². The lowest BCUT2D eigenvalue weighted by molar-refractivity contribution is 0.224. The minimum atomic E-state index is -0.163. The van der Waals surface area contributed by atoms with Crippen LogP contribution in [0.15, 0.2) is 30.6 Å². The lowest BCUT2D eigenvalue weighted by Crippen LogP contribution is -2.45. The molecule has 0 saturated heterocycles. The van der Waals surface area contributed by atoms with E-state index in [1.165, 1.54) is 32.1 Å². The molecule has 29 heavy (non-hydrogen) atoms. The minimum absolute atomic E-state index is 0.00890. The van der Waals surface area contributed by atoms with E-state index in [4.69, 9.17) is 0 Å². The van der Waals surface area contributed by atoms with Crippen molar-refractivity contribution in [1.29, 1.82) is 0 Å². The summed E-state index contributed by atoms with van der Waals surface area (Å²) in [5.41, 5.74) is 3.62. The molecule has 0 radical (unpaired) electrons. The number of hydrogen-bond donors (Lipinski definition) is 3. The topological polar surface area (TPSA) is 95.6 Å². The van der Waals surface area contributed by atoms with Crippen molar-refractivity contribution in [3.8, 4) is 11.3 Å². The summed E-state index contributed by atoms with van der Waals surface area (Å²) >= 11 is 0. The summed E-state index contributed by atoms with van der Waals surface area (Å²) in [5, 5.41) is 14.6. The first-order valence-corrected chi connectivity index (χ1v) is 10.5. The largest absolute Gasteiger partial charge is 0.332 e. The van der Waals surface area contributed by atoms with E-state index in [2.05, 4.69) is 30.8 Å². The highest BCUT2D eigenvalue weighted by molar-refractivity contribution is 5.96. The smallest absolute Gasteiger partial charge is 0.320 e. The van der Waals surface area contributed by atoms with Crippen LogP contribution in [-0.4, -0.2) is 31.7 Å². The number of H-pyrrole nitrogens is 1. The number of amides is 2. The number of aromatic nitrogens is 4. The Morgan fingerprint density at radius 3 is 2.76 bits per heavy atom. The van der Waals surface area contributed by atoms with Gasteiger partial charge in [-0.05, 0) is 50.7 Å². The second-order valence-electron chi connectivity index (χ2n) is 8.44. The average Bonchev–Trinajstić information content (AvgIpc) is 3.38. The molecule has 2 saturated carbocycles. The van der Waals surface area contributed by atoms with Gasteiger partial charge in [-0.15, -0.1) is 0 Å². The monoisotopic (exact) mass is 390 g/mol. The molecule has 0 unspecified atom stereocenters. The Morgan fingerprint density at radius 1 is 1.17 bits per heavy atom. The van der Waals surface area contributed by atoms with E-state index < -0.39 is 0 Å². The van der Waals surface area contributed by atoms with Gasteiger partial charge in [-0.3, -0.25) is 15.4 Å². The molecule has 0 spiro atoms. The highest BCUT2D eigenvalue weighted by Gasteiger charge is 2.50. The van der Waals surface area contributed by atoms with E-state index >= 15 is 0 Å². The molecule has 5 rings (SSSR count). The molecule has 0 atom stereocenters. The van der Waals surface area contributed by atoms with Gasteiger partial charge in [0.05, 0.1) is 5.52 Å². The maximum absolute atomic E-state index is 12.6. The van der Waals surface area contributed by atoms with Gasteiger partial charge in [0.1, 0.15) is 11.5 Å². The van der Waals surface area contributed by atoms with Crippen LogP contribution >= 0.6 is 0 Å². The Bertz CT molecular complexity index is 1050. The zero-order chi connectivity index (χ0) is 19.8. The number of nitrogens with zero attached hydrogens (tertiary/aromatic N) is 3. The number of urea groups is 1. The van der Waals surface area contributed by atoms with Crippen molar-refractivity contribution in [2.45, 2.75) is 57.4 Å². The third-order valence-corrected chi connectivity index (χ3v) is 6.40. The van der Waals surface area contributed by atoms with Crippen LogP contribution in [0.3, 0.4) is 0 Å². The molecular weight excluding hydrogens is 364 g/mol. The molecule has 7 nitrogen and oxygen atoms in total. The van der Waals surface area contributed by atoms with Gasteiger partial charge in [0.2, 0.25) is 0 Å². The van der Waals surface area contributed by atoms with Crippen LogP contribution in [0.25, 0.3) is 22.2 Å². The lowest BCUT2D eigenvalue weighted by Gasteiger charge is -2.31. The van der Waals surface area contributed by atoms with Crippen molar-refractivity contribution in [2.24, 2.45) is 5.92 Å². The molecule has 150 valence electrons. The molecule has 3 heterocycles. The van der Waals surface area contributed by atoms with Crippen molar-refractivity contribution in [3.05, 3.63) is 36.3 Å². The van der Waals surface area contributed by atoms with Gasteiger partial charge in [-0.2, -0.15) is 5.10 Å². The van der Waals surface area contributed by atoms with Crippen LogP contribution in [0.2, 0.25) is 0 Å². The first-order chi connectivity index (χ1) is 14.1. The Balaban J connectivity index is 1.30. The van der Waals surface area contributed by atoms with Crippen LogP contribution in [0.4, 0.5) is 10.6 Å². The summed E-state index contributed by atoms with van der Waals surface area (Å²) in [6.45, 7) is 1.96. The van der Waals surface area contributed by atoms with E-state index in [-0.39, 0.29) is 11.6 Å². The number of hydrogen-bond acceptors (Lipinski definition) is 4. The summed E-state index contributed by atoms with van der Waals surface area (Å²) in [7, 11) is 0. The fourth-order valence-electron chi connectivity index (χ4n) is 4.69. The van der Waals surface area contributed by atoms with Gasteiger partial charge >= 0.3 is 6.03 Å². The Hall–Kier alpha value is -2.96. The third-order valence-electron chi connectivity index (χ3n) is 6.40. The van der Waals surface area contributed by atoms with Gasteiger partial charge in [0, 0.05) is 40.6 Å². The summed E-state index contributed by atoms with van der Waals surface area (Å²) in [6, 6.07) is 5.60. The van der Waals surface area contributed by atoms with Gasteiger partial charge in [0.15, 0.2) is 0 Å². The summed E-state index contributed by atoms with van der Waals surface area (Å²) < 4.78 is 0. The van der Waals surface area contributed by atoms with Crippen LogP contribution in [0.1, 0.15) is 50.6 Å². The maximum Gasteiger partial charge on any atom is 0.320 e. The average molecular weight is 390 g/mol. The Morgan fingerprint density at radius 2 is 2.00 bits per heavy atom. The van der Waals surface area contributed by atoms with Gasteiger partial charge in [-0.1, -0.05) is 19.3 Å². The number of carbonyl (C=O) groups is 1. The quantitative estimate of drug-likeness (QED) is 0.608. The van der Waals surface area contributed by atoms with Crippen molar-refractivity contribution < 1.29 is 4.79 Å². The molecule has 0 aromatic carbocycles. The van der Waals surface area contributed by atoms with E-state index in [1.807, 2.05) is 25.1 Å². The fraction of sp³-hybridized carbons (Fsp3) is 0.455. The SMILES string of the molecule is Cc1cc(-c2n[nH]c3cc(NC(=O)NC4(C5CCCCC5)CC4)ncc23)ccn1. The van der Waals surface area contributed by atoms with Crippen molar-refractivity contribution >= 4 is 22.8 Å². The number of aryl methyl sites for hydroxylation is 1. The number of nitrogens with one attached hydrogen (secondary N) is 3. The Kier molecular flexibility index (Phi) is 4.45. The van der Waals surface area contributed by atoms with Crippen LogP contribution in [0, 0.1) is 12.8 Å². The maximum atomic E-state index is 12.6. The first-order valence-electron chi connectivity index (χ1n) is 10.5. The van der Waals surface area contributed by atoms with Crippen molar-refractivity contribution in [2.75, 3.05) is 5.32 Å². The van der Waals surface area contributed by atoms with Gasteiger partial charge in [-0.25, -0.2) is 9.78 Å². The van der Waals surface area contributed by atoms with Crippen molar-refractivity contribution in [3.63, 3.8) is 0 Å². The predicted octanol–water partition coefficient (Wildman–Crippen LogP) is 4.56. The number of pyridine rings is 2. The zero-order valence-electron chi connectivity index (χ0n) is 16.7. The molecule has 2 aliphatic rings. The van der Waals surface area contributed by atoms with E-state index in [0.717, 1.165) is 40.7 Å². The van der Waals surface area contributed by atoms with Crippen LogP contribution in [-0.2, 0) is 0 Å². The molecule has 3 aromatic heterocycles. The molecule has 0 bridgehead atoms. The number of carbonyl (C=O) groups excluding carboxylic acids is 1. The summed E-state index contributed by atoms with van der Waals surface area (Å²) in [6.07, 6.45) is 12.1. The lowest BCUT2D eigenvalue weighted by atomic mass is 9.82. The van der Waals surface area contributed by atoms with E-state index in [9.17, 15) is 4.79 Å². The van der Waals surface area contributed by atoms with Gasteiger partial charge in [0.25, 0.3) is 0 Å². The second kappa shape index (κ2) is 7.13. The highest BCUT2D eigenvalue weighted by atomic mass is 16.2. The number of aromatic amines is 1. The number of anilines is 1. The zero-order valence-corrected chi connectivity index (χ0v) is 16.7. The van der Waals surface area contributed by atoms with Gasteiger partial charge < -0.3 is 5.32 Å². The molecule has 2 fully saturated rings. The normalized spacial score (nSPS) is 18.5. The molecule has 2 aliphatic carbocycles. The number of rotatable bonds is 4. The standard InChI is InChI=1S/C22H26N6O/c1-14-11-15(7-10-23-14)20-17-13-24-19(12-18(17)27-28-20)25-21(29)26-22(8-9-22)16-5-3-2-4-6-16/h7,10-13,16H,2-6,8-9H2,1H3,(H,27,28)(H2,24,25,26,29). The summed E-state index contributed by atoms with van der Waals surface area (Å²) in [4.78, 5) is 21.3. The molecular formula is C22H26N6O. The highest BCUT2D eigenvalue weighted by Crippen LogP contribution is 2.48. The third kappa shape index (κ3) is 3.57.